The van der Waals surface area contributed by atoms with E-state index < -0.39 is 5.60 Å². The second-order valence-electron chi connectivity index (χ2n) is 9.87. The topological polar surface area (TPSA) is 56.8 Å². The van der Waals surface area contributed by atoms with E-state index in [9.17, 15) is 4.79 Å². The first-order chi connectivity index (χ1) is 12.9. The fraction of sp³-hybridized carbons (Fsp3) is 0.857. The molecule has 3 fully saturated rings. The molecule has 0 spiro atoms. The molecule has 0 bridgehead atoms. The summed E-state index contributed by atoms with van der Waals surface area (Å²) < 4.78 is 5.54. The van der Waals surface area contributed by atoms with Gasteiger partial charge in [-0.1, -0.05) is 12.2 Å². The Hall–Kier alpha value is -1.11. The van der Waals surface area contributed by atoms with Gasteiger partial charge in [0.05, 0.1) is 6.17 Å². The summed E-state index contributed by atoms with van der Waals surface area (Å²) in [5.74, 6) is 1.85. The van der Waals surface area contributed by atoms with Gasteiger partial charge in [-0.15, -0.1) is 0 Å². The third-order valence-electron chi connectivity index (χ3n) is 6.60. The number of nitrogens with zero attached hydrogens (tertiary/aromatic N) is 2. The Labute approximate surface area is 163 Å². The predicted molar refractivity (Wildman–Crippen MR) is 106 cm³/mol. The smallest absolute Gasteiger partial charge is 0.410 e. The van der Waals surface area contributed by atoms with Gasteiger partial charge in [0.15, 0.2) is 0 Å². The highest BCUT2D eigenvalue weighted by Crippen LogP contribution is 2.34. The summed E-state index contributed by atoms with van der Waals surface area (Å²) in [7, 11) is 0. The van der Waals surface area contributed by atoms with E-state index in [1.54, 1.807) is 0 Å². The van der Waals surface area contributed by atoms with Crippen LogP contribution >= 0.6 is 0 Å². The molecule has 0 radical (unpaired) electrons. The maximum Gasteiger partial charge on any atom is 0.410 e. The van der Waals surface area contributed by atoms with Crippen LogP contribution in [0.1, 0.15) is 52.9 Å². The van der Waals surface area contributed by atoms with Gasteiger partial charge in [0.25, 0.3) is 0 Å². The van der Waals surface area contributed by atoms with Crippen LogP contribution in [0.25, 0.3) is 0 Å². The Morgan fingerprint density at radius 2 is 1.78 bits per heavy atom. The Balaban J connectivity index is 1.23. The van der Waals surface area contributed by atoms with E-state index in [1.807, 2.05) is 25.7 Å². The van der Waals surface area contributed by atoms with Gasteiger partial charge in [-0.3, -0.25) is 10.3 Å². The lowest BCUT2D eigenvalue weighted by molar-refractivity contribution is 0.0263. The number of hydrazine groups is 1. The number of rotatable bonds is 2. The van der Waals surface area contributed by atoms with Crippen molar-refractivity contribution in [2.45, 2.75) is 70.7 Å². The van der Waals surface area contributed by atoms with Gasteiger partial charge in [-0.05, 0) is 70.6 Å². The van der Waals surface area contributed by atoms with E-state index in [0.29, 0.717) is 30.0 Å². The van der Waals surface area contributed by atoms with Crippen molar-refractivity contribution in [3.8, 4) is 0 Å². The summed E-state index contributed by atoms with van der Waals surface area (Å²) in [4.78, 5) is 16.8. The summed E-state index contributed by atoms with van der Waals surface area (Å²) in [6.07, 6.45) is 11.4. The minimum atomic E-state index is -0.414. The minimum Gasteiger partial charge on any atom is -0.444 e. The molecular weight excluding hydrogens is 340 g/mol. The van der Waals surface area contributed by atoms with Crippen molar-refractivity contribution in [2.24, 2.45) is 17.8 Å². The lowest BCUT2D eigenvalue weighted by Crippen LogP contribution is -2.59. The molecule has 5 atom stereocenters. The highest BCUT2D eigenvalue weighted by atomic mass is 16.6. The Morgan fingerprint density at radius 1 is 1.04 bits per heavy atom. The van der Waals surface area contributed by atoms with Crippen LogP contribution in [0, 0.1) is 17.8 Å². The fourth-order valence-corrected chi connectivity index (χ4v) is 5.21. The van der Waals surface area contributed by atoms with Crippen LogP contribution < -0.4 is 10.9 Å². The van der Waals surface area contributed by atoms with Crippen molar-refractivity contribution in [1.29, 1.82) is 0 Å². The zero-order valence-electron chi connectivity index (χ0n) is 17.1. The number of carbonyl (C=O) groups is 1. The highest BCUT2D eigenvalue weighted by molar-refractivity contribution is 5.68. The molecular formula is C21H36N4O2. The van der Waals surface area contributed by atoms with Gasteiger partial charge in [-0.25, -0.2) is 10.2 Å². The first-order valence-corrected chi connectivity index (χ1v) is 10.8. The molecule has 6 heteroatoms. The molecule has 1 amide bonds. The second kappa shape index (κ2) is 7.72. The molecule has 3 aliphatic heterocycles. The zero-order valence-corrected chi connectivity index (χ0v) is 17.1. The van der Waals surface area contributed by atoms with E-state index >= 15 is 0 Å². The van der Waals surface area contributed by atoms with Crippen molar-refractivity contribution in [1.82, 2.24) is 20.7 Å². The number of allylic oxidation sites excluding steroid dienone is 1. The van der Waals surface area contributed by atoms with Crippen molar-refractivity contribution in [2.75, 3.05) is 26.2 Å². The number of amides is 1. The number of hydrogen-bond donors (Lipinski definition) is 2. The summed E-state index contributed by atoms with van der Waals surface area (Å²) >= 11 is 0. The van der Waals surface area contributed by atoms with Crippen LogP contribution in [0.4, 0.5) is 4.79 Å². The van der Waals surface area contributed by atoms with Crippen molar-refractivity contribution in [3.63, 3.8) is 0 Å². The molecule has 0 aromatic heterocycles. The maximum absolute atomic E-state index is 12.3. The first-order valence-electron chi connectivity index (χ1n) is 10.8. The second-order valence-corrected chi connectivity index (χ2v) is 9.87. The number of likely N-dealkylation sites (tertiary alicyclic amines) is 2. The van der Waals surface area contributed by atoms with Crippen LogP contribution in [0.15, 0.2) is 12.2 Å². The number of nitrogens with one attached hydrogen (secondary N) is 2. The third kappa shape index (κ3) is 4.49. The molecule has 27 heavy (non-hydrogen) atoms. The molecule has 4 rings (SSSR count). The predicted octanol–water partition coefficient (Wildman–Crippen LogP) is 2.72. The largest absolute Gasteiger partial charge is 0.444 e. The number of ether oxygens (including phenoxy) is 1. The van der Waals surface area contributed by atoms with Gasteiger partial charge >= 0.3 is 6.09 Å². The van der Waals surface area contributed by atoms with E-state index in [4.69, 9.17) is 4.74 Å². The summed E-state index contributed by atoms with van der Waals surface area (Å²) in [5.41, 5.74) is 6.79. The molecule has 6 nitrogen and oxygen atoms in total. The van der Waals surface area contributed by atoms with Crippen molar-refractivity contribution < 1.29 is 9.53 Å². The monoisotopic (exact) mass is 376 g/mol. The maximum atomic E-state index is 12.3. The molecule has 3 heterocycles. The van der Waals surface area contributed by atoms with E-state index in [-0.39, 0.29) is 6.09 Å². The van der Waals surface area contributed by atoms with Gasteiger partial charge < -0.3 is 9.64 Å². The van der Waals surface area contributed by atoms with E-state index in [2.05, 4.69) is 27.9 Å². The van der Waals surface area contributed by atoms with Gasteiger partial charge in [0.2, 0.25) is 0 Å². The lowest BCUT2D eigenvalue weighted by atomic mass is 9.86. The molecule has 0 aromatic carbocycles. The Morgan fingerprint density at radius 3 is 2.33 bits per heavy atom. The van der Waals surface area contributed by atoms with Crippen LogP contribution in [0.2, 0.25) is 0 Å². The number of hydrogen-bond acceptors (Lipinski definition) is 5. The quantitative estimate of drug-likeness (QED) is 0.726. The van der Waals surface area contributed by atoms with Crippen LogP contribution in [0.3, 0.4) is 0 Å². The summed E-state index contributed by atoms with van der Waals surface area (Å²) in [5, 5.41) is 0. The number of carbonyl (C=O) groups excluding carboxylic acids is 1. The van der Waals surface area contributed by atoms with Gasteiger partial charge in [0, 0.05) is 32.2 Å². The molecule has 0 aromatic rings. The fourth-order valence-electron chi connectivity index (χ4n) is 5.21. The van der Waals surface area contributed by atoms with Crippen LogP contribution in [-0.2, 0) is 4.74 Å². The molecule has 0 saturated carbocycles. The molecule has 4 aliphatic rings. The zero-order chi connectivity index (χ0) is 19.0. The van der Waals surface area contributed by atoms with Crippen molar-refractivity contribution in [3.05, 3.63) is 12.2 Å². The van der Waals surface area contributed by atoms with Gasteiger partial charge in [0.1, 0.15) is 5.60 Å². The minimum absolute atomic E-state index is 0.149. The highest BCUT2D eigenvalue weighted by Gasteiger charge is 2.44. The van der Waals surface area contributed by atoms with Gasteiger partial charge in [-0.2, -0.15) is 0 Å². The lowest BCUT2D eigenvalue weighted by Gasteiger charge is -2.39. The number of fused-ring (bicyclic) bond motifs is 1. The normalized spacial score (nSPS) is 37.4. The van der Waals surface area contributed by atoms with E-state index in [0.717, 1.165) is 26.2 Å². The Kier molecular flexibility index (Phi) is 5.50. The summed E-state index contributed by atoms with van der Waals surface area (Å²) in [6, 6.07) is 0.572. The molecule has 152 valence electrons. The summed E-state index contributed by atoms with van der Waals surface area (Å²) in [6.45, 7) is 9.64. The molecule has 1 aliphatic carbocycles. The van der Waals surface area contributed by atoms with Crippen LogP contribution in [-0.4, -0.2) is 59.9 Å². The first kappa shape index (κ1) is 19.2. The van der Waals surface area contributed by atoms with Crippen LogP contribution in [0.5, 0.6) is 0 Å². The van der Waals surface area contributed by atoms with E-state index in [1.165, 1.54) is 32.1 Å². The average molecular weight is 377 g/mol. The standard InChI is InChI=1S/C21H36N4O2/c1-21(2,3)27-20(26)25-13-16-11-24(12-17(16)14-25)19-10-9-18(22-23-19)15-7-5-4-6-8-15/h5,7,15-19,22-23H,4,6,8-14H2,1-3H3. The molecule has 5 unspecified atom stereocenters. The SMILES string of the molecule is CC(C)(C)OC(=O)N1CC2CN(C3CCC(C4C=CCCC4)NN3)CC2C1. The average Bonchev–Trinajstić information content (AvgIpc) is 3.20. The third-order valence-corrected chi connectivity index (χ3v) is 6.60. The van der Waals surface area contributed by atoms with Crippen molar-refractivity contribution >= 4 is 6.09 Å². The molecule has 2 N–H and O–H groups in total. The Bertz CT molecular complexity index is 551. The molecule has 3 saturated heterocycles.